The van der Waals surface area contributed by atoms with Gasteiger partial charge in [-0.15, -0.1) is 0 Å². The third-order valence-electron chi connectivity index (χ3n) is 6.98. The van der Waals surface area contributed by atoms with Crippen LogP contribution in [0.4, 0.5) is 17.1 Å². The Morgan fingerprint density at radius 3 is 2.50 bits per heavy atom. The number of carbonyl (C=O) groups is 1. The van der Waals surface area contributed by atoms with Crippen LogP contribution in [0.3, 0.4) is 0 Å². The molecular weight excluding hydrogens is 516 g/mol. The van der Waals surface area contributed by atoms with Crippen LogP contribution in [-0.2, 0) is 16.8 Å². The summed E-state index contributed by atoms with van der Waals surface area (Å²) in [6.45, 7) is 5.05. The fraction of sp³-hybridized carbons (Fsp3) is 0.241. The minimum Gasteiger partial charge on any atom is -0.497 e. The fourth-order valence-corrected chi connectivity index (χ4v) is 5.70. The van der Waals surface area contributed by atoms with Gasteiger partial charge in [0.15, 0.2) is 0 Å². The summed E-state index contributed by atoms with van der Waals surface area (Å²) in [6.07, 6.45) is 4.90. The van der Waals surface area contributed by atoms with Gasteiger partial charge in [-0.2, -0.15) is 0 Å². The van der Waals surface area contributed by atoms with Gasteiger partial charge in [0.05, 0.1) is 24.8 Å². The van der Waals surface area contributed by atoms with Crippen molar-refractivity contribution >= 4 is 51.3 Å². The molecule has 0 atom stereocenters. The van der Waals surface area contributed by atoms with Crippen LogP contribution in [0.5, 0.6) is 5.75 Å². The monoisotopic (exact) mass is 546 g/mol. The van der Waals surface area contributed by atoms with Gasteiger partial charge in [0.1, 0.15) is 5.75 Å². The molecule has 0 radical (unpaired) electrons. The number of nitrogen functional groups attached to an aromatic ring is 1. The lowest BCUT2D eigenvalue weighted by Crippen LogP contribution is -2.44. The minimum atomic E-state index is -0.420. The third kappa shape index (κ3) is 4.51. The zero-order valence-electron chi connectivity index (χ0n) is 20.6. The number of halogens is 1. The number of allylic oxidation sites excluding steroid dienone is 1. The van der Waals surface area contributed by atoms with E-state index in [0.717, 1.165) is 63.2 Å². The molecule has 2 aliphatic rings. The Balaban J connectivity index is 0.00000148. The van der Waals surface area contributed by atoms with E-state index in [9.17, 15) is 4.79 Å². The van der Waals surface area contributed by atoms with Crippen molar-refractivity contribution in [3.05, 3.63) is 87.9 Å². The molecule has 1 aliphatic carbocycles. The molecule has 1 heterocycles. The topological polar surface area (TPSA) is 91.4 Å². The average molecular weight is 547 g/mol. The maximum Gasteiger partial charge on any atom is 0.238 e. The Kier molecular flexibility index (Phi) is 7.50. The van der Waals surface area contributed by atoms with Gasteiger partial charge >= 0.3 is 0 Å². The second-order valence-electron chi connectivity index (χ2n) is 8.98. The molecular formula is C29H31BrN4O2. The molecule has 1 amide bonds. The molecule has 1 aliphatic heterocycles. The number of nitrogens with two attached hydrogens (primary N) is 1. The standard InChI is InChI=1S/C28H28BrN3O2.CH3N/c1-3-25(31-21-7-4-6-20(30)16-21)19-14-23-26(24(29)15-19)32(27(33)28(23)12-5-13-28)17-18-8-10-22(34-2)11-9-18;1-2/h3-4,6-11,14-16,31H,5,12-13,17,30H2,1-2H3;2H,1H2/b25-3-;. The Labute approximate surface area is 220 Å². The molecule has 1 saturated carbocycles. The number of hydrogen-bond donors (Lipinski definition) is 3. The molecule has 0 aromatic heterocycles. The Morgan fingerprint density at radius 1 is 1.19 bits per heavy atom. The molecule has 0 unspecified atom stereocenters. The highest BCUT2D eigenvalue weighted by molar-refractivity contribution is 9.10. The molecule has 1 spiro atoms. The van der Waals surface area contributed by atoms with Crippen LogP contribution in [0.1, 0.15) is 42.9 Å². The van der Waals surface area contributed by atoms with E-state index in [1.807, 2.05) is 60.4 Å². The lowest BCUT2D eigenvalue weighted by atomic mass is 9.65. The number of carbonyl (C=O) groups excluding carboxylic acids is 1. The van der Waals surface area contributed by atoms with E-state index in [2.05, 4.69) is 46.2 Å². The average Bonchev–Trinajstić information content (AvgIpc) is 3.12. The second kappa shape index (κ2) is 10.6. The molecule has 186 valence electrons. The van der Waals surface area contributed by atoms with Crippen LogP contribution in [0, 0.1) is 5.41 Å². The minimum absolute atomic E-state index is 0.202. The number of benzene rings is 3. The first-order valence-corrected chi connectivity index (χ1v) is 12.7. The van der Waals surface area contributed by atoms with Crippen molar-refractivity contribution in [2.24, 2.45) is 0 Å². The van der Waals surface area contributed by atoms with Gasteiger partial charge in [-0.3, -0.25) is 4.79 Å². The molecule has 0 bridgehead atoms. The molecule has 6 nitrogen and oxygen atoms in total. The van der Waals surface area contributed by atoms with Crippen LogP contribution >= 0.6 is 15.9 Å². The van der Waals surface area contributed by atoms with Gasteiger partial charge in [-0.1, -0.05) is 30.7 Å². The van der Waals surface area contributed by atoms with Crippen molar-refractivity contribution in [2.45, 2.75) is 38.1 Å². The molecule has 1 fully saturated rings. The van der Waals surface area contributed by atoms with Gasteiger partial charge in [-0.05, 0) is 102 Å². The van der Waals surface area contributed by atoms with Gasteiger partial charge in [0.2, 0.25) is 5.91 Å². The molecule has 4 N–H and O–H groups in total. The van der Waals surface area contributed by atoms with Crippen LogP contribution in [0.25, 0.3) is 5.70 Å². The number of hydrogen-bond acceptors (Lipinski definition) is 5. The number of nitrogens with one attached hydrogen (secondary N) is 2. The van der Waals surface area contributed by atoms with Crippen LogP contribution < -0.4 is 20.7 Å². The molecule has 3 aromatic carbocycles. The Morgan fingerprint density at radius 2 is 1.92 bits per heavy atom. The maximum absolute atomic E-state index is 13.8. The van der Waals surface area contributed by atoms with Gasteiger partial charge in [0.25, 0.3) is 0 Å². The highest BCUT2D eigenvalue weighted by atomic mass is 79.9. The van der Waals surface area contributed by atoms with Crippen molar-refractivity contribution in [3.8, 4) is 5.75 Å². The first-order chi connectivity index (χ1) is 17.4. The molecule has 7 heteroatoms. The highest BCUT2D eigenvalue weighted by Gasteiger charge is 2.55. The number of fused-ring (bicyclic) bond motifs is 2. The first kappa shape index (κ1) is 25.5. The predicted molar refractivity (Wildman–Crippen MR) is 152 cm³/mol. The van der Waals surface area contributed by atoms with Crippen molar-refractivity contribution in [1.29, 1.82) is 5.41 Å². The summed E-state index contributed by atoms with van der Waals surface area (Å²) in [5.74, 6) is 1.01. The van der Waals surface area contributed by atoms with E-state index in [0.29, 0.717) is 12.2 Å². The van der Waals surface area contributed by atoms with E-state index >= 15 is 0 Å². The summed E-state index contributed by atoms with van der Waals surface area (Å²) in [4.78, 5) is 15.7. The highest BCUT2D eigenvalue weighted by Crippen LogP contribution is 2.56. The summed E-state index contributed by atoms with van der Waals surface area (Å²) >= 11 is 3.81. The zero-order chi connectivity index (χ0) is 25.9. The summed E-state index contributed by atoms with van der Waals surface area (Å²) in [6, 6.07) is 19.9. The van der Waals surface area contributed by atoms with Crippen LogP contribution in [0.15, 0.2) is 71.2 Å². The van der Waals surface area contributed by atoms with Crippen molar-refractivity contribution in [3.63, 3.8) is 0 Å². The Bertz CT molecular complexity index is 1300. The quantitative estimate of drug-likeness (QED) is 0.235. The van der Waals surface area contributed by atoms with E-state index in [1.165, 1.54) is 0 Å². The van der Waals surface area contributed by atoms with Crippen molar-refractivity contribution in [1.82, 2.24) is 0 Å². The predicted octanol–water partition coefficient (Wildman–Crippen LogP) is 6.75. The number of methoxy groups -OCH3 is 1. The number of anilines is 3. The second-order valence-corrected chi connectivity index (χ2v) is 9.84. The molecule has 5 rings (SSSR count). The molecule has 3 aromatic rings. The van der Waals surface area contributed by atoms with E-state index in [4.69, 9.17) is 15.9 Å². The lowest BCUT2D eigenvalue weighted by molar-refractivity contribution is -0.126. The lowest BCUT2D eigenvalue weighted by Gasteiger charge is -2.37. The zero-order valence-corrected chi connectivity index (χ0v) is 22.2. The third-order valence-corrected chi connectivity index (χ3v) is 7.58. The molecule has 36 heavy (non-hydrogen) atoms. The number of ether oxygens (including phenoxy) is 1. The summed E-state index contributed by atoms with van der Waals surface area (Å²) < 4.78 is 6.21. The number of rotatable bonds is 6. The van der Waals surface area contributed by atoms with Gasteiger partial charge < -0.3 is 26.1 Å². The number of amides is 1. The fourth-order valence-electron chi connectivity index (χ4n) is 5.03. The van der Waals surface area contributed by atoms with Crippen molar-refractivity contribution in [2.75, 3.05) is 23.1 Å². The smallest absolute Gasteiger partial charge is 0.238 e. The van der Waals surface area contributed by atoms with Crippen LogP contribution in [0.2, 0.25) is 0 Å². The largest absolute Gasteiger partial charge is 0.497 e. The number of nitrogens with zero attached hydrogens (tertiary/aromatic N) is 1. The van der Waals surface area contributed by atoms with Crippen LogP contribution in [-0.4, -0.2) is 19.7 Å². The first-order valence-electron chi connectivity index (χ1n) is 11.9. The SMILES string of the molecule is C/C=C(\Nc1cccc(N)c1)c1cc(Br)c2c(c1)C1(CCC1)C(=O)N2Cc1ccc(OC)cc1.C=N. The summed E-state index contributed by atoms with van der Waals surface area (Å²) in [7, 11) is 1.66. The van der Waals surface area contributed by atoms with E-state index < -0.39 is 5.41 Å². The Hall–Kier alpha value is -3.58. The van der Waals surface area contributed by atoms with Gasteiger partial charge in [0, 0.05) is 21.5 Å². The maximum atomic E-state index is 13.8. The summed E-state index contributed by atoms with van der Waals surface area (Å²) in [5.41, 5.74) is 12.4. The van der Waals surface area contributed by atoms with Crippen molar-refractivity contribution < 1.29 is 9.53 Å². The van der Waals surface area contributed by atoms with Gasteiger partial charge in [-0.25, -0.2) is 0 Å². The van der Waals surface area contributed by atoms with E-state index in [-0.39, 0.29) is 5.91 Å². The van der Waals surface area contributed by atoms with E-state index in [1.54, 1.807) is 7.11 Å². The normalized spacial score (nSPS) is 15.6. The molecule has 0 saturated heterocycles. The summed E-state index contributed by atoms with van der Waals surface area (Å²) in [5, 5.41) is 8.99.